The molecule has 0 nitrogen and oxygen atoms in total. The molecule has 0 aromatic heterocycles. The topological polar surface area (TPSA) is 0 Å². The summed E-state index contributed by atoms with van der Waals surface area (Å²) in [5.74, 6) is 0.634. The van der Waals surface area contributed by atoms with Gasteiger partial charge < -0.3 is 27.7 Å². The fourth-order valence-corrected chi connectivity index (χ4v) is 0. The van der Waals surface area contributed by atoms with Gasteiger partial charge in [0, 0.05) is 0 Å². The van der Waals surface area contributed by atoms with E-state index in [9.17, 15) is 0 Å². The van der Waals surface area contributed by atoms with Gasteiger partial charge in [-0.05, 0) is 0 Å². The molecule has 4 heteroatoms. The number of hydrogen-bond donors (Lipinski definition) is 0. The smallest absolute Gasteiger partial charge is 0.346 e. The summed E-state index contributed by atoms with van der Waals surface area (Å²) < 4.78 is 0. The Morgan fingerprint density at radius 1 is 0.800 bits per heavy atom. The van der Waals surface area contributed by atoms with Crippen LogP contribution in [0.1, 0.15) is 74.1 Å². The van der Waals surface area contributed by atoms with Crippen LogP contribution in [0, 0.1) is 33.6 Å². The van der Waals surface area contributed by atoms with Crippen molar-refractivity contribution in [2.24, 2.45) is 5.92 Å². The molecule has 0 saturated heterocycles. The van der Waals surface area contributed by atoms with Gasteiger partial charge in [0.05, 0.1) is 0 Å². The molecule has 1 atom stereocenters. The average molecular weight is 572 g/mol. The van der Waals surface area contributed by atoms with Gasteiger partial charge in [0.25, 0.3) is 0 Å². The van der Waals surface area contributed by atoms with E-state index < -0.39 is 0 Å². The summed E-state index contributed by atoms with van der Waals surface area (Å²) in [7, 11) is 0. The Labute approximate surface area is 329 Å². The van der Waals surface area contributed by atoms with E-state index in [1.165, 1.54) is 12.8 Å². The first-order valence-electron chi connectivity index (χ1n) is 6.72. The Kier molecular flexibility index (Phi) is 232. The van der Waals surface area contributed by atoms with E-state index in [0.717, 1.165) is 12.8 Å². The third-order valence-corrected chi connectivity index (χ3v) is 1.05. The van der Waals surface area contributed by atoms with Crippen LogP contribution in [0.3, 0.4) is 0 Å². The van der Waals surface area contributed by atoms with Crippen LogP contribution >= 0.6 is 0 Å². The minimum Gasteiger partial charge on any atom is -0.346 e. The van der Waals surface area contributed by atoms with E-state index in [-0.39, 0.29) is 233 Å². The second-order valence-electron chi connectivity index (χ2n) is 2.87. The molecule has 0 bridgehead atoms. The molecule has 0 amide bonds. The Hall–Kier alpha value is 7.22. The second kappa shape index (κ2) is 82.5. The van der Waals surface area contributed by atoms with Crippen molar-refractivity contribution in [1.82, 2.24) is 0 Å². The third-order valence-electron chi connectivity index (χ3n) is 1.05. The average Bonchev–Trinajstić information content (AvgIpc) is 2.35. The van der Waals surface area contributed by atoms with E-state index in [4.69, 9.17) is 0 Å². The van der Waals surface area contributed by atoms with Crippen LogP contribution in [0.25, 0.3) is 0 Å². The molecule has 106 valence electrons. The predicted octanol–water partition coefficient (Wildman–Crippen LogP) is -5.40. The second-order valence-corrected chi connectivity index (χ2v) is 2.87. The van der Waals surface area contributed by atoms with Crippen molar-refractivity contribution in [1.29, 1.82) is 0 Å². The van der Waals surface area contributed by atoms with Crippen LogP contribution in [0.4, 0.5) is 0 Å². The summed E-state index contributed by atoms with van der Waals surface area (Å²) in [4.78, 5) is 0. The first kappa shape index (κ1) is 56.4. The first-order chi connectivity index (χ1) is 7.60. The zero-order valence-electron chi connectivity index (χ0n) is 17.2. The molecule has 0 aliphatic heterocycles. The van der Waals surface area contributed by atoms with Crippen molar-refractivity contribution < 1.29 is 233 Å². The molecule has 0 radical (unpaired) electrons. The van der Waals surface area contributed by atoms with Crippen LogP contribution < -0.4 is 233 Å². The first-order valence-corrected chi connectivity index (χ1v) is 6.72. The summed E-state index contributed by atoms with van der Waals surface area (Å²) in [6.45, 7) is 28.2. The van der Waals surface area contributed by atoms with Crippen LogP contribution in [-0.4, -0.2) is 0 Å². The molecule has 0 aromatic carbocycles. The van der Waals surface area contributed by atoms with Gasteiger partial charge >= 0.3 is 233 Å². The van der Waals surface area contributed by atoms with Crippen LogP contribution in [-0.2, 0) is 0 Å². The monoisotopic (exact) mass is 570 g/mol. The summed E-state index contributed by atoms with van der Waals surface area (Å²) in [5, 5.41) is 0. The fourth-order valence-electron chi connectivity index (χ4n) is 0. The third kappa shape index (κ3) is 142. The van der Waals surface area contributed by atoms with Crippen molar-refractivity contribution in [3.8, 4) is 0 Å². The van der Waals surface area contributed by atoms with Crippen LogP contribution in [0.2, 0.25) is 0 Å². The van der Waals surface area contributed by atoms with E-state index in [1.54, 1.807) is 6.92 Å². The molecule has 0 N–H and O–H groups in total. The summed E-state index contributed by atoms with van der Waals surface area (Å²) >= 11 is 0. The van der Waals surface area contributed by atoms with Crippen molar-refractivity contribution >= 4 is 0 Å². The zero-order valence-corrected chi connectivity index (χ0v) is 36.9. The fraction of sp³-hybridized carbons (Fsp3) is 0.750. The number of rotatable bonds is 2. The number of hydrogen-bond acceptors (Lipinski definition) is 0. The Bertz CT molecular complexity index is 49.7. The van der Waals surface area contributed by atoms with Crippen LogP contribution in [0.5, 0.6) is 0 Å². The molecule has 1 unspecified atom stereocenters. The van der Waals surface area contributed by atoms with Gasteiger partial charge in [0.15, 0.2) is 0 Å². The minimum atomic E-state index is 0. The van der Waals surface area contributed by atoms with E-state index in [2.05, 4.69) is 48.5 Å². The van der Waals surface area contributed by atoms with Crippen molar-refractivity contribution in [3.63, 3.8) is 0 Å². The van der Waals surface area contributed by atoms with E-state index >= 15 is 0 Å². The SMILES string of the molecule is CC.[CH2-]C.[CH2-]C(C)CC.[CH2-]CC.[CH2-]CCC.[Rb+].[Rb+].[Rb+].[Rb+]. The van der Waals surface area contributed by atoms with Gasteiger partial charge in [-0.3, -0.25) is 0 Å². The molecule has 0 aromatic rings. The normalized spacial score (nSPS) is 6.75. The van der Waals surface area contributed by atoms with Crippen molar-refractivity contribution in [3.05, 3.63) is 27.7 Å². The maximum atomic E-state index is 3.76. The number of unbranched alkanes of at least 4 members (excludes halogenated alkanes) is 1. The minimum absolute atomic E-state index is 0. The van der Waals surface area contributed by atoms with Crippen molar-refractivity contribution in [2.45, 2.75) is 74.1 Å². The predicted molar refractivity (Wildman–Crippen MR) is 83.1 cm³/mol. The molecule has 0 saturated carbocycles. The molecule has 20 heavy (non-hydrogen) atoms. The molecule has 0 fully saturated rings. The maximum Gasteiger partial charge on any atom is 1.00 e. The summed E-state index contributed by atoms with van der Waals surface area (Å²) in [6.07, 6.45) is 4.47. The van der Waals surface area contributed by atoms with Gasteiger partial charge in [-0.25, -0.2) is 0 Å². The summed E-state index contributed by atoms with van der Waals surface area (Å²) in [5.41, 5.74) is 0. The quantitative estimate of drug-likeness (QED) is 0.290. The van der Waals surface area contributed by atoms with Gasteiger partial charge in [-0.2, -0.15) is 25.7 Å². The molecule has 0 rings (SSSR count). The zero-order chi connectivity index (χ0) is 14.4. The Balaban J connectivity index is -0.0000000107. The largest absolute Gasteiger partial charge is 1.00 e. The van der Waals surface area contributed by atoms with Gasteiger partial charge in [-0.1, -0.05) is 54.4 Å². The van der Waals surface area contributed by atoms with Gasteiger partial charge in [0.2, 0.25) is 0 Å². The van der Waals surface area contributed by atoms with E-state index in [0.29, 0.717) is 5.92 Å². The Morgan fingerprint density at radius 2 is 0.900 bits per heavy atom. The molecular weight excluding hydrogens is 534 g/mol. The standard InChI is InChI=1S/C5H11.C4H9.C3H7.C2H6.C2H5.4Rb/c1-4-5(2)3;1-3-4-2;1-3-2;2*1-2;;;;/h5H,2,4H2,1,3H3;1,3-4H2,2H3;1,3H2,2H3;1-2H3;1H2,2H3;;;;/q3*-1;;-1;4*+1. The maximum absolute atomic E-state index is 3.76. The summed E-state index contributed by atoms with van der Waals surface area (Å²) in [6, 6.07) is 0. The van der Waals surface area contributed by atoms with E-state index in [1.807, 2.05) is 20.8 Å². The molecule has 0 spiro atoms. The van der Waals surface area contributed by atoms with Crippen LogP contribution in [0.15, 0.2) is 0 Å². The van der Waals surface area contributed by atoms with Crippen molar-refractivity contribution in [2.75, 3.05) is 0 Å². The molecular formula is C16H38Rb4. The van der Waals surface area contributed by atoms with Gasteiger partial charge in [0.1, 0.15) is 0 Å². The Morgan fingerprint density at radius 3 is 0.900 bits per heavy atom. The van der Waals surface area contributed by atoms with Gasteiger partial charge in [-0.15, -0.1) is 0 Å². The molecule has 0 aliphatic rings. The molecule has 0 heterocycles. The molecule has 0 aliphatic carbocycles.